The van der Waals surface area contributed by atoms with Crippen molar-refractivity contribution in [1.82, 2.24) is 0 Å². The van der Waals surface area contributed by atoms with E-state index in [0.717, 1.165) is 5.57 Å². The second-order valence-corrected chi connectivity index (χ2v) is 1.82. The Labute approximate surface area is 48.2 Å². The van der Waals surface area contributed by atoms with Gasteiger partial charge in [0.1, 0.15) is 0 Å². The first-order valence-corrected chi connectivity index (χ1v) is 2.43. The summed E-state index contributed by atoms with van der Waals surface area (Å²) in [6.45, 7) is 3.59. The first-order valence-electron chi connectivity index (χ1n) is 2.43. The van der Waals surface area contributed by atoms with Crippen LogP contribution in [0.1, 0.15) is 20.3 Å². The van der Waals surface area contributed by atoms with Crippen LogP contribution in [0.3, 0.4) is 0 Å². The third-order valence-corrected chi connectivity index (χ3v) is 0.665. The maximum absolute atomic E-state index is 11.3. The molecule has 0 aromatic carbocycles. The molecule has 0 aliphatic rings. The quantitative estimate of drug-likeness (QED) is 0.490. The van der Waals surface area contributed by atoms with Crippen LogP contribution in [-0.4, -0.2) is 0 Å². The Hall–Kier alpha value is -0.400. The Morgan fingerprint density at radius 2 is 1.88 bits per heavy atom. The highest BCUT2D eigenvalue weighted by Crippen LogP contribution is 2.10. The zero-order valence-corrected chi connectivity index (χ0v) is 5.04. The topological polar surface area (TPSA) is 0 Å². The van der Waals surface area contributed by atoms with Gasteiger partial charge < -0.3 is 0 Å². The molecule has 1 radical (unpaired) electrons. The van der Waals surface area contributed by atoms with Crippen LogP contribution in [-0.2, 0) is 0 Å². The van der Waals surface area contributed by atoms with Crippen LogP contribution in [0.5, 0.6) is 0 Å². The maximum atomic E-state index is 11.3. The molecule has 0 aromatic heterocycles. The van der Waals surface area contributed by atoms with Gasteiger partial charge >= 0.3 is 6.43 Å². The average molecular weight is 119 g/mol. The summed E-state index contributed by atoms with van der Waals surface area (Å²) in [6.07, 6.45) is -0.219. The van der Waals surface area contributed by atoms with E-state index in [0.29, 0.717) is 0 Å². The molecule has 8 heavy (non-hydrogen) atoms. The zero-order valence-electron chi connectivity index (χ0n) is 5.04. The lowest BCUT2D eigenvalue weighted by molar-refractivity contribution is 0.286. The Morgan fingerprint density at radius 1 is 1.38 bits per heavy atom. The predicted molar refractivity (Wildman–Crippen MR) is 29.5 cm³/mol. The van der Waals surface area contributed by atoms with Crippen LogP contribution in [0.4, 0.5) is 8.78 Å². The molecule has 2 heteroatoms. The molecule has 0 unspecified atom stereocenters. The molecule has 0 bridgehead atoms. The largest absolute Gasteiger partial charge is 0.313 e. The van der Waals surface area contributed by atoms with Gasteiger partial charge in [0.15, 0.2) is 0 Å². The smallest absolute Gasteiger partial charge is 0.200 e. The first-order chi connectivity index (χ1) is 3.63. The molecular weight excluding hydrogens is 110 g/mol. The van der Waals surface area contributed by atoms with Gasteiger partial charge in [0.2, 0.25) is 0 Å². The van der Waals surface area contributed by atoms with E-state index in [9.17, 15) is 8.78 Å². The first kappa shape index (κ1) is 7.60. The number of hydrogen-bond acceptors (Lipinski definition) is 0. The Balaban J connectivity index is 3.29. The van der Waals surface area contributed by atoms with E-state index in [2.05, 4.69) is 0 Å². The molecule has 0 aliphatic carbocycles. The summed E-state index contributed by atoms with van der Waals surface area (Å²) in [4.78, 5) is 0. The number of hydrogen-bond donors (Lipinski definition) is 0. The normalized spacial score (nSPS) is 9.62. The summed E-state index contributed by atoms with van der Waals surface area (Å²) in [7, 11) is 0. The fraction of sp³-hybridized carbons (Fsp3) is 0.500. The van der Waals surface area contributed by atoms with Gasteiger partial charge in [-0.05, 0) is 13.8 Å². The van der Waals surface area contributed by atoms with Gasteiger partial charge in [-0.2, -0.15) is 8.78 Å². The minimum Gasteiger partial charge on any atom is -0.200 e. The van der Waals surface area contributed by atoms with Crippen LogP contribution in [0.2, 0.25) is 0 Å². The molecule has 0 saturated heterocycles. The standard InChI is InChI=1S/C6H9F2/c1-5(2)3-4-6(7)8/h3H,4H2,1-2H3. The average Bonchev–Trinajstić information content (AvgIpc) is 1.61. The van der Waals surface area contributed by atoms with Gasteiger partial charge in [-0.1, -0.05) is 11.6 Å². The lowest BCUT2D eigenvalue weighted by atomic mass is 10.3. The molecule has 0 spiro atoms. The van der Waals surface area contributed by atoms with Gasteiger partial charge in [0, 0.05) is 6.42 Å². The van der Waals surface area contributed by atoms with Crippen LogP contribution in [0, 0.1) is 6.43 Å². The number of allylic oxidation sites excluding steroid dienone is 2. The highest BCUT2D eigenvalue weighted by atomic mass is 19.3. The molecule has 0 aromatic rings. The minimum atomic E-state index is -1.52. The van der Waals surface area contributed by atoms with Crippen molar-refractivity contribution >= 4 is 0 Å². The van der Waals surface area contributed by atoms with Crippen LogP contribution in [0.15, 0.2) is 11.6 Å². The Kier molecular flexibility index (Phi) is 3.40. The van der Waals surface area contributed by atoms with Crippen LogP contribution < -0.4 is 0 Å². The second-order valence-electron chi connectivity index (χ2n) is 1.82. The van der Waals surface area contributed by atoms with Crippen molar-refractivity contribution < 1.29 is 8.78 Å². The molecule has 0 nitrogen and oxygen atoms in total. The van der Waals surface area contributed by atoms with Gasteiger partial charge in [-0.3, -0.25) is 0 Å². The van der Waals surface area contributed by atoms with E-state index < -0.39 is 6.43 Å². The fourth-order valence-electron chi connectivity index (χ4n) is 0.281. The molecular formula is C6H9F2. The molecule has 0 aliphatic heterocycles. The van der Waals surface area contributed by atoms with Crippen LogP contribution in [0.25, 0.3) is 0 Å². The summed E-state index contributed by atoms with van der Waals surface area (Å²) >= 11 is 0. The third kappa shape index (κ3) is 5.60. The van der Waals surface area contributed by atoms with Gasteiger partial charge in [-0.25, -0.2) is 0 Å². The van der Waals surface area contributed by atoms with Crippen molar-refractivity contribution in [2.75, 3.05) is 0 Å². The van der Waals surface area contributed by atoms with E-state index in [4.69, 9.17) is 0 Å². The van der Waals surface area contributed by atoms with Crippen LogP contribution >= 0.6 is 0 Å². The molecule has 0 fully saturated rings. The highest BCUT2D eigenvalue weighted by molar-refractivity contribution is 4.95. The van der Waals surface area contributed by atoms with E-state index in [1.807, 2.05) is 0 Å². The van der Waals surface area contributed by atoms with Gasteiger partial charge in [0.05, 0.1) is 0 Å². The molecule has 0 atom stereocenters. The summed E-state index contributed by atoms with van der Waals surface area (Å²) in [5, 5.41) is 0. The summed E-state index contributed by atoms with van der Waals surface area (Å²) < 4.78 is 22.5. The maximum Gasteiger partial charge on any atom is 0.313 e. The lowest BCUT2D eigenvalue weighted by Gasteiger charge is -1.88. The Bertz CT molecular complexity index is 80.5. The van der Waals surface area contributed by atoms with E-state index in [1.54, 1.807) is 13.8 Å². The van der Waals surface area contributed by atoms with Gasteiger partial charge in [0.25, 0.3) is 0 Å². The zero-order chi connectivity index (χ0) is 6.57. The highest BCUT2D eigenvalue weighted by Gasteiger charge is 1.99. The second kappa shape index (κ2) is 3.58. The molecule has 0 N–H and O–H groups in total. The third-order valence-electron chi connectivity index (χ3n) is 0.665. The fourth-order valence-corrected chi connectivity index (χ4v) is 0.281. The van der Waals surface area contributed by atoms with E-state index in [-0.39, 0.29) is 6.42 Å². The molecule has 0 saturated carbocycles. The van der Waals surface area contributed by atoms with E-state index in [1.165, 1.54) is 6.08 Å². The lowest BCUT2D eigenvalue weighted by Crippen LogP contribution is -1.74. The summed E-state index contributed by atoms with van der Waals surface area (Å²) in [5.41, 5.74) is 0.929. The SMILES string of the molecule is CC(C)=CC[C](F)F. The van der Waals surface area contributed by atoms with Crippen molar-refractivity contribution in [3.05, 3.63) is 18.1 Å². The van der Waals surface area contributed by atoms with Crippen molar-refractivity contribution in [3.63, 3.8) is 0 Å². The molecule has 0 amide bonds. The Morgan fingerprint density at radius 3 is 2.00 bits per heavy atom. The number of rotatable bonds is 2. The monoisotopic (exact) mass is 119 g/mol. The predicted octanol–water partition coefficient (Wildman–Crippen LogP) is 2.77. The summed E-state index contributed by atoms with van der Waals surface area (Å²) in [6, 6.07) is 0. The van der Waals surface area contributed by atoms with E-state index >= 15 is 0 Å². The molecule has 47 valence electrons. The number of halogens is 2. The van der Waals surface area contributed by atoms with Crippen molar-refractivity contribution in [3.8, 4) is 0 Å². The molecule has 0 rings (SSSR count). The van der Waals surface area contributed by atoms with Crippen molar-refractivity contribution in [1.29, 1.82) is 0 Å². The van der Waals surface area contributed by atoms with Gasteiger partial charge in [-0.15, -0.1) is 0 Å². The van der Waals surface area contributed by atoms with Crippen molar-refractivity contribution in [2.45, 2.75) is 20.3 Å². The minimum absolute atomic E-state index is 0.192. The summed E-state index contributed by atoms with van der Waals surface area (Å²) in [5.74, 6) is 0. The van der Waals surface area contributed by atoms with Crippen molar-refractivity contribution in [2.24, 2.45) is 0 Å². The molecule has 0 heterocycles.